The molecule has 35 heavy (non-hydrogen) atoms. The fraction of sp³-hybridized carbons (Fsp3) is 0.154. The SMILES string of the molecule is O=C(Cc1ccc(Oc2ccnc3cc(C(=O)N4CCC4)sc23)cc1)Nc1ccc2ncsc2c1.[HH]. The van der Waals surface area contributed by atoms with Gasteiger partial charge in [0.05, 0.1) is 37.2 Å². The van der Waals surface area contributed by atoms with Crippen LogP contribution >= 0.6 is 22.7 Å². The van der Waals surface area contributed by atoms with Gasteiger partial charge < -0.3 is 15.0 Å². The van der Waals surface area contributed by atoms with Crippen molar-refractivity contribution in [1.82, 2.24) is 14.9 Å². The number of carbonyl (C=O) groups is 2. The highest BCUT2D eigenvalue weighted by Crippen LogP contribution is 2.35. The van der Waals surface area contributed by atoms with Gasteiger partial charge in [0.25, 0.3) is 5.91 Å². The lowest BCUT2D eigenvalue weighted by Gasteiger charge is -2.30. The van der Waals surface area contributed by atoms with Crippen molar-refractivity contribution in [3.63, 3.8) is 0 Å². The summed E-state index contributed by atoms with van der Waals surface area (Å²) in [5, 5.41) is 2.95. The third kappa shape index (κ3) is 4.48. The average Bonchev–Trinajstić information content (AvgIpc) is 3.46. The lowest BCUT2D eigenvalue weighted by Crippen LogP contribution is -2.41. The number of thiophene rings is 1. The van der Waals surface area contributed by atoms with E-state index in [2.05, 4.69) is 15.3 Å². The molecule has 2 amide bonds. The largest absolute Gasteiger partial charge is 0.456 e. The molecule has 0 atom stereocenters. The number of ether oxygens (including phenoxy) is 1. The summed E-state index contributed by atoms with van der Waals surface area (Å²) in [5.74, 6) is 1.28. The molecule has 2 aromatic carbocycles. The normalized spacial score (nSPS) is 13.1. The number of rotatable bonds is 6. The molecule has 9 heteroatoms. The molecule has 0 spiro atoms. The number of nitrogens with zero attached hydrogens (tertiary/aromatic N) is 3. The molecule has 1 fully saturated rings. The Kier molecular flexibility index (Phi) is 5.63. The van der Waals surface area contributed by atoms with Gasteiger partial charge in [0.15, 0.2) is 0 Å². The van der Waals surface area contributed by atoms with Crippen LogP contribution in [0.3, 0.4) is 0 Å². The number of hydrogen-bond donors (Lipinski definition) is 1. The number of hydrogen-bond acceptors (Lipinski definition) is 7. The zero-order valence-electron chi connectivity index (χ0n) is 18.6. The number of likely N-dealkylation sites (tertiary alicyclic amines) is 1. The van der Waals surface area contributed by atoms with Gasteiger partial charge in [-0.15, -0.1) is 22.7 Å². The molecule has 176 valence electrons. The summed E-state index contributed by atoms with van der Waals surface area (Å²) in [4.78, 5) is 36.3. The summed E-state index contributed by atoms with van der Waals surface area (Å²) in [5.41, 5.74) is 5.11. The van der Waals surface area contributed by atoms with Crippen LogP contribution in [-0.2, 0) is 11.2 Å². The van der Waals surface area contributed by atoms with E-state index >= 15 is 0 Å². The minimum absolute atomic E-state index is 0. The molecule has 0 aliphatic carbocycles. The number of nitrogens with one attached hydrogen (secondary N) is 1. The van der Waals surface area contributed by atoms with E-state index < -0.39 is 0 Å². The third-order valence-electron chi connectivity index (χ3n) is 5.86. The van der Waals surface area contributed by atoms with Gasteiger partial charge in [-0.05, 0) is 48.4 Å². The molecular formula is C26H22N4O3S2. The van der Waals surface area contributed by atoms with Gasteiger partial charge in [-0.2, -0.15) is 0 Å². The van der Waals surface area contributed by atoms with Gasteiger partial charge in [-0.3, -0.25) is 14.6 Å². The fourth-order valence-electron chi connectivity index (χ4n) is 3.90. The lowest BCUT2D eigenvalue weighted by atomic mass is 10.1. The van der Waals surface area contributed by atoms with Crippen LogP contribution in [0.1, 0.15) is 23.1 Å². The second-order valence-electron chi connectivity index (χ2n) is 8.29. The number of carbonyl (C=O) groups excluding carboxylic acids is 2. The second kappa shape index (κ2) is 9.09. The van der Waals surface area contributed by atoms with Crippen molar-refractivity contribution in [2.45, 2.75) is 12.8 Å². The standard InChI is InChI=1S/C26H20N4O3S2.H2/c31-24(29-17-4-7-19-22(13-17)34-15-28-19)12-16-2-5-18(6-3-16)33-21-8-9-27-20-14-23(35-25(20)21)26(32)30-10-1-11-30;/h2-9,13-15H,1,10-12H2,(H,29,31);1H. The van der Waals surface area contributed by atoms with Crippen molar-refractivity contribution in [2.24, 2.45) is 0 Å². The zero-order chi connectivity index (χ0) is 23.8. The Labute approximate surface area is 210 Å². The van der Waals surface area contributed by atoms with Crippen LogP contribution in [0.2, 0.25) is 0 Å². The van der Waals surface area contributed by atoms with Gasteiger partial charge in [0.2, 0.25) is 5.91 Å². The van der Waals surface area contributed by atoms with Crippen molar-refractivity contribution in [3.8, 4) is 11.5 Å². The van der Waals surface area contributed by atoms with E-state index in [1.807, 2.05) is 53.4 Å². The summed E-state index contributed by atoms with van der Waals surface area (Å²) in [6.45, 7) is 1.63. The topological polar surface area (TPSA) is 84.4 Å². The summed E-state index contributed by atoms with van der Waals surface area (Å²) >= 11 is 2.95. The molecule has 0 bridgehead atoms. The molecule has 3 aromatic heterocycles. The van der Waals surface area contributed by atoms with Crippen molar-refractivity contribution in [3.05, 3.63) is 76.7 Å². The molecule has 5 aromatic rings. The minimum Gasteiger partial charge on any atom is -0.456 e. The maximum Gasteiger partial charge on any atom is 0.264 e. The van der Waals surface area contributed by atoms with Gasteiger partial charge in [0, 0.05) is 32.5 Å². The first-order valence-electron chi connectivity index (χ1n) is 11.2. The molecule has 1 saturated heterocycles. The Hall–Kier alpha value is -3.82. The summed E-state index contributed by atoms with van der Waals surface area (Å²) in [6, 6.07) is 16.8. The number of pyridine rings is 1. The summed E-state index contributed by atoms with van der Waals surface area (Å²) in [6.07, 6.45) is 3.00. The maximum atomic E-state index is 12.6. The first kappa shape index (κ1) is 21.7. The Morgan fingerprint density at radius 2 is 1.89 bits per heavy atom. The van der Waals surface area contributed by atoms with Gasteiger partial charge in [0.1, 0.15) is 11.5 Å². The van der Waals surface area contributed by atoms with E-state index in [9.17, 15) is 9.59 Å². The average molecular weight is 503 g/mol. The molecule has 7 nitrogen and oxygen atoms in total. The molecule has 6 rings (SSSR count). The predicted molar refractivity (Wildman–Crippen MR) is 141 cm³/mol. The van der Waals surface area contributed by atoms with Crippen LogP contribution in [0, 0.1) is 0 Å². The third-order valence-corrected chi connectivity index (χ3v) is 7.78. The van der Waals surface area contributed by atoms with E-state index in [1.54, 1.807) is 29.1 Å². The second-order valence-corrected chi connectivity index (χ2v) is 10.2. The lowest BCUT2D eigenvalue weighted by molar-refractivity contribution is -0.115. The van der Waals surface area contributed by atoms with Crippen LogP contribution in [0.4, 0.5) is 5.69 Å². The smallest absolute Gasteiger partial charge is 0.264 e. The van der Waals surface area contributed by atoms with E-state index in [-0.39, 0.29) is 19.7 Å². The van der Waals surface area contributed by atoms with Crippen molar-refractivity contribution in [1.29, 1.82) is 0 Å². The summed E-state index contributed by atoms with van der Waals surface area (Å²) < 4.78 is 8.00. The fourth-order valence-corrected chi connectivity index (χ4v) is 5.65. The van der Waals surface area contributed by atoms with E-state index in [0.29, 0.717) is 16.4 Å². The minimum atomic E-state index is -0.0867. The van der Waals surface area contributed by atoms with E-state index in [0.717, 1.165) is 51.2 Å². The Balaban J connectivity index is 0.00000267. The molecule has 0 saturated carbocycles. The van der Waals surface area contributed by atoms with Crippen LogP contribution in [0.15, 0.2) is 66.3 Å². The van der Waals surface area contributed by atoms with Crippen LogP contribution in [0.5, 0.6) is 11.5 Å². The molecule has 0 unspecified atom stereocenters. The quantitative estimate of drug-likeness (QED) is 0.309. The van der Waals surface area contributed by atoms with Crippen LogP contribution < -0.4 is 10.1 Å². The Bertz CT molecular complexity index is 1560. The highest BCUT2D eigenvalue weighted by Gasteiger charge is 2.24. The van der Waals surface area contributed by atoms with E-state index in [4.69, 9.17) is 4.74 Å². The number of fused-ring (bicyclic) bond motifs is 2. The van der Waals surface area contributed by atoms with Crippen LogP contribution in [0.25, 0.3) is 20.4 Å². The van der Waals surface area contributed by atoms with Crippen molar-refractivity contribution >= 4 is 60.6 Å². The van der Waals surface area contributed by atoms with Crippen molar-refractivity contribution in [2.75, 3.05) is 18.4 Å². The number of anilines is 1. The highest BCUT2D eigenvalue weighted by atomic mass is 32.1. The predicted octanol–water partition coefficient (Wildman–Crippen LogP) is 5.97. The van der Waals surface area contributed by atoms with Gasteiger partial charge in [-0.25, -0.2) is 4.98 Å². The molecule has 1 aliphatic rings. The maximum absolute atomic E-state index is 12.6. The monoisotopic (exact) mass is 502 g/mol. The zero-order valence-corrected chi connectivity index (χ0v) is 20.2. The highest BCUT2D eigenvalue weighted by molar-refractivity contribution is 7.21. The van der Waals surface area contributed by atoms with Crippen LogP contribution in [-0.4, -0.2) is 39.8 Å². The molecule has 1 aliphatic heterocycles. The molecular weight excluding hydrogens is 480 g/mol. The molecule has 1 N–H and O–H groups in total. The number of benzene rings is 2. The molecule has 0 radical (unpaired) electrons. The van der Waals surface area contributed by atoms with E-state index in [1.165, 1.54) is 11.3 Å². The number of aromatic nitrogens is 2. The van der Waals surface area contributed by atoms with Gasteiger partial charge >= 0.3 is 0 Å². The number of thiazole rings is 1. The van der Waals surface area contributed by atoms with Gasteiger partial charge in [-0.1, -0.05) is 12.1 Å². The molecule has 4 heterocycles. The summed E-state index contributed by atoms with van der Waals surface area (Å²) in [7, 11) is 0. The number of amides is 2. The first-order valence-corrected chi connectivity index (χ1v) is 12.9. The Morgan fingerprint density at radius 3 is 2.69 bits per heavy atom. The first-order chi connectivity index (χ1) is 17.1. The van der Waals surface area contributed by atoms with Crippen molar-refractivity contribution < 1.29 is 15.8 Å². The Morgan fingerprint density at radius 1 is 1.03 bits per heavy atom.